The minimum absolute atomic E-state index is 0.154. The summed E-state index contributed by atoms with van der Waals surface area (Å²) in [6.07, 6.45) is 7.95. The molecule has 2 fully saturated rings. The molecule has 0 unspecified atom stereocenters. The lowest BCUT2D eigenvalue weighted by atomic mass is 10.1. The second-order valence-electron chi connectivity index (χ2n) is 6.55. The van der Waals surface area contributed by atoms with E-state index in [4.69, 9.17) is 4.74 Å². The molecule has 2 saturated heterocycles. The normalized spacial score (nSPS) is 23.2. The van der Waals surface area contributed by atoms with Gasteiger partial charge >= 0.3 is 0 Å². The van der Waals surface area contributed by atoms with Crippen molar-refractivity contribution >= 4 is 5.91 Å². The molecule has 6 nitrogen and oxygen atoms in total. The lowest BCUT2D eigenvalue weighted by Crippen LogP contribution is -2.36. The molecule has 1 aromatic heterocycles. The Morgan fingerprint density at radius 2 is 2.22 bits per heavy atom. The Morgan fingerprint density at radius 1 is 1.30 bits per heavy atom. The van der Waals surface area contributed by atoms with Crippen molar-refractivity contribution in [2.75, 3.05) is 32.8 Å². The van der Waals surface area contributed by atoms with E-state index >= 15 is 0 Å². The van der Waals surface area contributed by atoms with E-state index in [1.165, 1.54) is 5.56 Å². The Labute approximate surface area is 138 Å². The third-order valence-corrected chi connectivity index (χ3v) is 4.78. The average Bonchev–Trinajstić information content (AvgIpc) is 3.16. The summed E-state index contributed by atoms with van der Waals surface area (Å²) >= 11 is 0. The largest absolute Gasteiger partial charge is 0.378 e. The fraction of sp³-hybridized carbons (Fsp3) is 0.765. The van der Waals surface area contributed by atoms with Crippen LogP contribution in [0.25, 0.3) is 0 Å². The van der Waals surface area contributed by atoms with E-state index in [1.807, 2.05) is 15.8 Å². The van der Waals surface area contributed by atoms with Crippen LogP contribution in [0, 0.1) is 0 Å². The van der Waals surface area contributed by atoms with E-state index in [-0.39, 0.29) is 12.0 Å². The molecule has 2 aliphatic heterocycles. The van der Waals surface area contributed by atoms with Gasteiger partial charge in [0.1, 0.15) is 0 Å². The van der Waals surface area contributed by atoms with Crippen LogP contribution in [0.3, 0.4) is 0 Å². The molecule has 0 saturated carbocycles. The van der Waals surface area contributed by atoms with Gasteiger partial charge in [-0.15, -0.1) is 0 Å². The average molecular weight is 320 g/mol. The number of hydrogen-bond donors (Lipinski definition) is 0. The maximum absolute atomic E-state index is 12.4. The Kier molecular flexibility index (Phi) is 5.67. The molecule has 3 heterocycles. The van der Waals surface area contributed by atoms with Gasteiger partial charge in [0.15, 0.2) is 0 Å². The highest BCUT2D eigenvalue weighted by molar-refractivity contribution is 5.76. The Morgan fingerprint density at radius 3 is 2.96 bits per heavy atom. The number of ether oxygens (including phenoxy) is 1. The van der Waals surface area contributed by atoms with Gasteiger partial charge in [-0.05, 0) is 26.2 Å². The summed E-state index contributed by atoms with van der Waals surface area (Å²) in [5.41, 5.74) is 1.26. The predicted octanol–water partition coefficient (Wildman–Crippen LogP) is 1.51. The van der Waals surface area contributed by atoms with Crippen LogP contribution in [0.2, 0.25) is 0 Å². The first-order chi connectivity index (χ1) is 11.2. The molecule has 1 aromatic rings. The van der Waals surface area contributed by atoms with Crippen LogP contribution in [-0.2, 0) is 22.6 Å². The molecular weight excluding hydrogens is 292 g/mol. The van der Waals surface area contributed by atoms with E-state index < -0.39 is 0 Å². The van der Waals surface area contributed by atoms with Crippen molar-refractivity contribution in [1.29, 1.82) is 0 Å². The lowest BCUT2D eigenvalue weighted by Gasteiger charge is -2.23. The minimum atomic E-state index is 0.154. The monoisotopic (exact) mass is 320 g/mol. The number of carbonyl (C=O) groups excluding carboxylic acids is 1. The van der Waals surface area contributed by atoms with Crippen LogP contribution >= 0.6 is 0 Å². The number of hydrogen-bond acceptors (Lipinski definition) is 4. The van der Waals surface area contributed by atoms with E-state index in [1.54, 1.807) is 0 Å². The molecule has 1 atom stereocenters. The van der Waals surface area contributed by atoms with Gasteiger partial charge in [-0.1, -0.05) is 0 Å². The summed E-state index contributed by atoms with van der Waals surface area (Å²) in [4.78, 5) is 16.9. The summed E-state index contributed by atoms with van der Waals surface area (Å²) < 4.78 is 7.55. The number of aryl methyl sites for hydroxylation is 1. The second-order valence-corrected chi connectivity index (χ2v) is 6.55. The van der Waals surface area contributed by atoms with Crippen LogP contribution in [0.1, 0.15) is 38.2 Å². The van der Waals surface area contributed by atoms with Gasteiger partial charge in [0, 0.05) is 57.6 Å². The molecule has 2 aliphatic rings. The summed E-state index contributed by atoms with van der Waals surface area (Å²) in [5.74, 6) is 0.262. The fourth-order valence-electron chi connectivity index (χ4n) is 3.43. The molecule has 6 heteroatoms. The summed E-state index contributed by atoms with van der Waals surface area (Å²) in [7, 11) is 0. The van der Waals surface area contributed by atoms with E-state index in [9.17, 15) is 4.79 Å². The molecule has 0 N–H and O–H groups in total. The van der Waals surface area contributed by atoms with Crippen LogP contribution < -0.4 is 0 Å². The van der Waals surface area contributed by atoms with Gasteiger partial charge < -0.3 is 9.64 Å². The first-order valence-electron chi connectivity index (χ1n) is 8.87. The van der Waals surface area contributed by atoms with Crippen molar-refractivity contribution in [2.45, 2.75) is 51.8 Å². The Hall–Kier alpha value is -1.40. The SMILES string of the molecule is CCn1cc(CN2CCCN(C(=O)C[C@@H]3CCCO3)CC2)cn1. The smallest absolute Gasteiger partial charge is 0.225 e. The number of amides is 1. The maximum Gasteiger partial charge on any atom is 0.225 e. The maximum atomic E-state index is 12.4. The lowest BCUT2D eigenvalue weighted by molar-refractivity contribution is -0.133. The van der Waals surface area contributed by atoms with Crippen molar-refractivity contribution in [2.24, 2.45) is 0 Å². The molecule has 0 aliphatic carbocycles. The van der Waals surface area contributed by atoms with Crippen molar-refractivity contribution in [3.05, 3.63) is 18.0 Å². The molecule has 0 bridgehead atoms. The highest BCUT2D eigenvalue weighted by Gasteiger charge is 2.24. The predicted molar refractivity (Wildman–Crippen MR) is 88.0 cm³/mol. The van der Waals surface area contributed by atoms with Crippen LogP contribution in [0.5, 0.6) is 0 Å². The minimum Gasteiger partial charge on any atom is -0.378 e. The van der Waals surface area contributed by atoms with E-state index in [0.717, 1.165) is 65.1 Å². The molecule has 23 heavy (non-hydrogen) atoms. The number of rotatable bonds is 5. The molecule has 0 radical (unpaired) electrons. The van der Waals surface area contributed by atoms with E-state index in [0.29, 0.717) is 6.42 Å². The van der Waals surface area contributed by atoms with Crippen LogP contribution in [0.4, 0.5) is 0 Å². The fourth-order valence-corrected chi connectivity index (χ4v) is 3.43. The van der Waals surface area contributed by atoms with Gasteiger partial charge in [-0.2, -0.15) is 5.10 Å². The number of carbonyl (C=O) groups is 1. The molecular formula is C17H28N4O2. The highest BCUT2D eigenvalue weighted by atomic mass is 16.5. The molecule has 1 amide bonds. The first kappa shape index (κ1) is 16.5. The van der Waals surface area contributed by atoms with Gasteiger partial charge in [0.2, 0.25) is 5.91 Å². The van der Waals surface area contributed by atoms with Crippen molar-refractivity contribution in [3.63, 3.8) is 0 Å². The summed E-state index contributed by atoms with van der Waals surface area (Å²) in [6.45, 7) is 8.43. The van der Waals surface area contributed by atoms with Gasteiger partial charge in [0.05, 0.1) is 18.7 Å². The van der Waals surface area contributed by atoms with E-state index in [2.05, 4.69) is 23.1 Å². The van der Waals surface area contributed by atoms with Gasteiger partial charge in [-0.3, -0.25) is 14.4 Å². The third-order valence-electron chi connectivity index (χ3n) is 4.78. The van der Waals surface area contributed by atoms with Gasteiger partial charge in [0.25, 0.3) is 0 Å². The first-order valence-corrected chi connectivity index (χ1v) is 8.87. The highest BCUT2D eigenvalue weighted by Crippen LogP contribution is 2.17. The standard InChI is InChI=1S/C17H28N4O2/c1-2-21-14-15(12-18-21)13-19-6-4-7-20(9-8-19)17(22)11-16-5-3-10-23-16/h12,14,16H,2-11,13H2,1H3/t16-/m0/s1. The zero-order valence-corrected chi connectivity index (χ0v) is 14.1. The quantitative estimate of drug-likeness (QED) is 0.825. The van der Waals surface area contributed by atoms with Crippen molar-refractivity contribution in [1.82, 2.24) is 19.6 Å². The Balaban J connectivity index is 1.47. The van der Waals surface area contributed by atoms with Gasteiger partial charge in [-0.25, -0.2) is 0 Å². The van der Waals surface area contributed by atoms with Crippen LogP contribution in [-0.4, -0.2) is 64.4 Å². The van der Waals surface area contributed by atoms with Crippen molar-refractivity contribution in [3.8, 4) is 0 Å². The van der Waals surface area contributed by atoms with Crippen molar-refractivity contribution < 1.29 is 9.53 Å². The summed E-state index contributed by atoms with van der Waals surface area (Å²) in [6, 6.07) is 0. The zero-order chi connectivity index (χ0) is 16.1. The zero-order valence-electron chi connectivity index (χ0n) is 14.1. The number of nitrogens with zero attached hydrogens (tertiary/aromatic N) is 4. The molecule has 0 spiro atoms. The Bertz CT molecular complexity index is 510. The third kappa shape index (κ3) is 4.54. The molecule has 128 valence electrons. The molecule has 0 aromatic carbocycles. The van der Waals surface area contributed by atoms with Crippen LogP contribution in [0.15, 0.2) is 12.4 Å². The second kappa shape index (κ2) is 7.93. The topological polar surface area (TPSA) is 50.6 Å². The number of aromatic nitrogens is 2. The molecule has 3 rings (SSSR count). The summed E-state index contributed by atoms with van der Waals surface area (Å²) in [5, 5.41) is 4.34.